The fourth-order valence-corrected chi connectivity index (χ4v) is 3.66. The average Bonchev–Trinajstić information content (AvgIpc) is 3.36. The van der Waals surface area contributed by atoms with Crippen LogP contribution in [0.4, 0.5) is 10.1 Å². The zero-order valence-electron chi connectivity index (χ0n) is 15.4. The van der Waals surface area contributed by atoms with Gasteiger partial charge in [0.1, 0.15) is 5.82 Å². The summed E-state index contributed by atoms with van der Waals surface area (Å²) >= 11 is 0. The van der Waals surface area contributed by atoms with E-state index < -0.39 is 0 Å². The van der Waals surface area contributed by atoms with Crippen molar-refractivity contribution in [1.82, 2.24) is 15.1 Å². The van der Waals surface area contributed by atoms with Crippen molar-refractivity contribution < 1.29 is 4.39 Å². The summed E-state index contributed by atoms with van der Waals surface area (Å²) in [6.07, 6.45) is 6.29. The van der Waals surface area contributed by atoms with Crippen molar-refractivity contribution in [3.05, 3.63) is 83.4 Å². The van der Waals surface area contributed by atoms with Crippen molar-refractivity contribution in [3.8, 4) is 0 Å². The van der Waals surface area contributed by atoms with Gasteiger partial charge in [-0.15, -0.1) is 0 Å². The molecule has 1 aliphatic heterocycles. The summed E-state index contributed by atoms with van der Waals surface area (Å²) in [5.41, 5.74) is 4.11. The minimum atomic E-state index is -0.133. The van der Waals surface area contributed by atoms with E-state index in [-0.39, 0.29) is 5.82 Å². The molecule has 0 amide bonds. The third-order valence-electron chi connectivity index (χ3n) is 5.05. The second-order valence-corrected chi connectivity index (χ2v) is 7.07. The average molecular weight is 364 g/mol. The molecule has 1 saturated heterocycles. The molecule has 4 rings (SSSR count). The van der Waals surface area contributed by atoms with Crippen LogP contribution in [0.25, 0.3) is 0 Å². The number of benzene rings is 2. The molecule has 1 aliphatic rings. The van der Waals surface area contributed by atoms with E-state index in [1.165, 1.54) is 18.4 Å². The van der Waals surface area contributed by atoms with Gasteiger partial charge in [0, 0.05) is 49.2 Å². The Hall–Kier alpha value is -2.66. The minimum Gasteiger partial charge on any atom is -0.371 e. The first-order valence-corrected chi connectivity index (χ1v) is 9.58. The van der Waals surface area contributed by atoms with Gasteiger partial charge in [0.15, 0.2) is 0 Å². The number of halogens is 1. The Balaban J connectivity index is 1.36. The molecule has 5 heteroatoms. The van der Waals surface area contributed by atoms with E-state index in [0.717, 1.165) is 36.4 Å². The lowest BCUT2D eigenvalue weighted by molar-refractivity contribution is 0.586. The fourth-order valence-electron chi connectivity index (χ4n) is 3.66. The molecule has 0 aliphatic carbocycles. The van der Waals surface area contributed by atoms with Crippen LogP contribution in [0.1, 0.15) is 29.5 Å². The molecule has 3 aromatic rings. The molecule has 2 aromatic carbocycles. The topological polar surface area (TPSA) is 33.1 Å². The predicted molar refractivity (Wildman–Crippen MR) is 106 cm³/mol. The molecule has 2 heterocycles. The Morgan fingerprint density at radius 1 is 0.926 bits per heavy atom. The minimum absolute atomic E-state index is 0.133. The van der Waals surface area contributed by atoms with Gasteiger partial charge in [-0.25, -0.2) is 4.39 Å². The molecule has 0 spiro atoms. The fraction of sp³-hybridized carbons (Fsp3) is 0.318. The van der Waals surface area contributed by atoms with Crippen LogP contribution >= 0.6 is 0 Å². The molecular weight excluding hydrogens is 339 g/mol. The Labute approximate surface area is 159 Å². The third-order valence-corrected chi connectivity index (χ3v) is 5.05. The van der Waals surface area contributed by atoms with Crippen LogP contribution in [0.3, 0.4) is 0 Å². The first-order chi connectivity index (χ1) is 13.3. The van der Waals surface area contributed by atoms with E-state index in [2.05, 4.69) is 27.4 Å². The maximum atomic E-state index is 14.4. The monoisotopic (exact) mass is 364 g/mol. The highest BCUT2D eigenvalue weighted by molar-refractivity contribution is 5.54. The number of hydrogen-bond donors (Lipinski definition) is 1. The molecule has 0 unspecified atom stereocenters. The van der Waals surface area contributed by atoms with Crippen LogP contribution in [0, 0.1) is 5.82 Å². The lowest BCUT2D eigenvalue weighted by Crippen LogP contribution is -2.22. The molecule has 1 aromatic heterocycles. The van der Waals surface area contributed by atoms with Crippen LogP contribution in [0.2, 0.25) is 0 Å². The normalized spacial score (nSPS) is 14.0. The zero-order chi connectivity index (χ0) is 18.5. The summed E-state index contributed by atoms with van der Waals surface area (Å²) in [7, 11) is 0. The van der Waals surface area contributed by atoms with Gasteiger partial charge in [-0.2, -0.15) is 5.10 Å². The number of aromatic nitrogens is 2. The van der Waals surface area contributed by atoms with E-state index in [9.17, 15) is 4.39 Å². The van der Waals surface area contributed by atoms with E-state index in [1.54, 1.807) is 12.1 Å². The maximum Gasteiger partial charge on any atom is 0.129 e. The van der Waals surface area contributed by atoms with Crippen LogP contribution in [0.5, 0.6) is 0 Å². The highest BCUT2D eigenvalue weighted by Crippen LogP contribution is 2.26. The Morgan fingerprint density at radius 3 is 2.56 bits per heavy atom. The molecule has 27 heavy (non-hydrogen) atoms. The number of rotatable bonds is 7. The molecule has 0 bridgehead atoms. The largest absolute Gasteiger partial charge is 0.371 e. The van der Waals surface area contributed by atoms with Crippen molar-refractivity contribution in [2.45, 2.75) is 32.5 Å². The number of nitrogens with zero attached hydrogens (tertiary/aromatic N) is 3. The molecule has 1 fully saturated rings. The van der Waals surface area contributed by atoms with Crippen molar-refractivity contribution in [3.63, 3.8) is 0 Å². The van der Waals surface area contributed by atoms with Crippen LogP contribution < -0.4 is 10.2 Å². The zero-order valence-corrected chi connectivity index (χ0v) is 15.4. The van der Waals surface area contributed by atoms with E-state index >= 15 is 0 Å². The van der Waals surface area contributed by atoms with Gasteiger partial charge in [-0.1, -0.05) is 36.4 Å². The van der Waals surface area contributed by atoms with Crippen LogP contribution in [-0.4, -0.2) is 22.9 Å². The Bertz CT molecular complexity index is 869. The van der Waals surface area contributed by atoms with Crippen molar-refractivity contribution in [2.75, 3.05) is 18.0 Å². The van der Waals surface area contributed by atoms with E-state index in [0.29, 0.717) is 13.1 Å². The van der Waals surface area contributed by atoms with Crippen LogP contribution in [0.15, 0.2) is 60.9 Å². The first kappa shape index (κ1) is 17.7. The van der Waals surface area contributed by atoms with Gasteiger partial charge in [0.05, 0.1) is 12.7 Å². The summed E-state index contributed by atoms with van der Waals surface area (Å²) in [5.74, 6) is -0.133. The summed E-state index contributed by atoms with van der Waals surface area (Å²) < 4.78 is 16.3. The van der Waals surface area contributed by atoms with E-state index in [1.807, 2.05) is 41.3 Å². The van der Waals surface area contributed by atoms with Crippen molar-refractivity contribution in [1.29, 1.82) is 0 Å². The van der Waals surface area contributed by atoms with Crippen LogP contribution in [-0.2, 0) is 19.6 Å². The predicted octanol–water partition coefficient (Wildman–Crippen LogP) is 3.96. The van der Waals surface area contributed by atoms with Gasteiger partial charge in [-0.3, -0.25) is 4.68 Å². The highest BCUT2D eigenvalue weighted by atomic mass is 19.1. The van der Waals surface area contributed by atoms with Gasteiger partial charge in [0.2, 0.25) is 0 Å². The van der Waals surface area contributed by atoms with Crippen molar-refractivity contribution >= 4 is 5.69 Å². The summed E-state index contributed by atoms with van der Waals surface area (Å²) in [4.78, 5) is 2.29. The summed E-state index contributed by atoms with van der Waals surface area (Å²) in [6.45, 7) is 3.98. The number of anilines is 1. The summed E-state index contributed by atoms with van der Waals surface area (Å²) in [5, 5.41) is 7.81. The third kappa shape index (κ3) is 4.37. The quantitative estimate of drug-likeness (QED) is 0.689. The lowest BCUT2D eigenvalue weighted by Gasteiger charge is -2.22. The Kier molecular flexibility index (Phi) is 5.49. The maximum absolute atomic E-state index is 14.4. The molecule has 140 valence electrons. The SMILES string of the molecule is Fc1cccc(N2CCCC2)c1CNCc1cnn(Cc2ccccc2)c1. The second kappa shape index (κ2) is 8.35. The van der Waals surface area contributed by atoms with Gasteiger partial charge in [-0.05, 0) is 30.5 Å². The van der Waals surface area contributed by atoms with E-state index in [4.69, 9.17) is 0 Å². The van der Waals surface area contributed by atoms with Gasteiger partial charge >= 0.3 is 0 Å². The molecule has 0 saturated carbocycles. The molecule has 0 atom stereocenters. The standard InChI is InChI=1S/C22H25FN4/c23-21-9-6-10-22(26-11-4-5-12-26)20(21)15-24-13-19-14-25-27(17-19)16-18-7-2-1-3-8-18/h1-3,6-10,14,17,24H,4-5,11-13,15-16H2. The molecule has 0 radical (unpaired) electrons. The van der Waals surface area contributed by atoms with Gasteiger partial charge in [0.25, 0.3) is 0 Å². The highest BCUT2D eigenvalue weighted by Gasteiger charge is 2.17. The first-order valence-electron chi connectivity index (χ1n) is 9.58. The molecule has 4 nitrogen and oxygen atoms in total. The Morgan fingerprint density at radius 2 is 1.74 bits per heavy atom. The molecule has 1 N–H and O–H groups in total. The number of hydrogen-bond acceptors (Lipinski definition) is 3. The van der Waals surface area contributed by atoms with Crippen molar-refractivity contribution in [2.24, 2.45) is 0 Å². The van der Waals surface area contributed by atoms with Gasteiger partial charge < -0.3 is 10.2 Å². The number of nitrogens with one attached hydrogen (secondary N) is 1. The lowest BCUT2D eigenvalue weighted by atomic mass is 10.1. The smallest absolute Gasteiger partial charge is 0.129 e. The molecular formula is C22H25FN4. The second-order valence-electron chi connectivity index (χ2n) is 7.07. The summed E-state index contributed by atoms with van der Waals surface area (Å²) in [6, 6.07) is 15.7.